The highest BCUT2D eigenvalue weighted by molar-refractivity contribution is 6.31. The maximum absolute atomic E-state index is 11.8. The van der Waals surface area contributed by atoms with Crippen molar-refractivity contribution in [3.05, 3.63) is 70.3 Å². The number of carbonyl (C=O) groups is 1. The Hall–Kier alpha value is -2.59. The Morgan fingerprint density at radius 3 is 2.70 bits per heavy atom. The highest BCUT2D eigenvalue weighted by Crippen LogP contribution is 2.27. The molecular formula is C22H22ClNO3. The van der Waals surface area contributed by atoms with Crippen molar-refractivity contribution in [1.82, 2.24) is 0 Å². The van der Waals surface area contributed by atoms with Crippen LogP contribution >= 0.6 is 11.6 Å². The summed E-state index contributed by atoms with van der Waals surface area (Å²) in [7, 11) is 0. The zero-order valence-electron chi connectivity index (χ0n) is 15.5. The number of nitrogens with zero attached hydrogens (tertiary/aromatic N) is 1. The maximum Gasteiger partial charge on any atom is 0.275 e. The number of halogens is 1. The minimum Gasteiger partial charge on any atom is -0.480 e. The Morgan fingerprint density at radius 2 is 1.96 bits per heavy atom. The average molecular weight is 384 g/mol. The van der Waals surface area contributed by atoms with Crippen molar-refractivity contribution in [3.63, 3.8) is 0 Å². The summed E-state index contributed by atoms with van der Waals surface area (Å²) in [5.74, 6) is 1.74. The second-order valence-electron chi connectivity index (χ2n) is 6.36. The summed E-state index contributed by atoms with van der Waals surface area (Å²) in [5, 5.41) is 0.681. The largest absolute Gasteiger partial charge is 0.480 e. The van der Waals surface area contributed by atoms with Crippen molar-refractivity contribution in [2.45, 2.75) is 33.1 Å². The van der Waals surface area contributed by atoms with Gasteiger partial charge in [0.15, 0.2) is 5.90 Å². The van der Waals surface area contributed by atoms with E-state index < -0.39 is 0 Å². The Kier molecular flexibility index (Phi) is 6.30. The molecular weight excluding hydrogens is 362 g/mol. The van der Waals surface area contributed by atoms with Gasteiger partial charge in [0.1, 0.15) is 11.5 Å². The third-order valence-electron chi connectivity index (χ3n) is 4.34. The van der Waals surface area contributed by atoms with Crippen LogP contribution in [0.25, 0.3) is 0 Å². The lowest BCUT2D eigenvalue weighted by Crippen LogP contribution is -2.15. The molecule has 4 nitrogen and oxygen atoms in total. The summed E-state index contributed by atoms with van der Waals surface area (Å²) >= 11 is 6.15. The fourth-order valence-corrected chi connectivity index (χ4v) is 2.91. The molecule has 2 aromatic carbocycles. The van der Waals surface area contributed by atoms with Gasteiger partial charge in [-0.25, -0.2) is 0 Å². The molecule has 1 aliphatic rings. The summed E-state index contributed by atoms with van der Waals surface area (Å²) in [6.07, 6.45) is 3.87. The first-order valence-electron chi connectivity index (χ1n) is 9.02. The Bertz CT molecular complexity index is 902. The Labute approximate surface area is 164 Å². The second kappa shape index (κ2) is 8.87. The quantitative estimate of drug-likeness (QED) is 0.646. The summed E-state index contributed by atoms with van der Waals surface area (Å²) in [4.78, 5) is 15.8. The van der Waals surface area contributed by atoms with E-state index in [-0.39, 0.29) is 5.91 Å². The number of amides is 1. The molecule has 3 rings (SSSR count). The van der Waals surface area contributed by atoms with Gasteiger partial charge in [-0.2, -0.15) is 4.99 Å². The first kappa shape index (κ1) is 19.2. The number of aryl methyl sites for hydroxylation is 1. The normalized spacial score (nSPS) is 13.8. The van der Waals surface area contributed by atoms with Gasteiger partial charge in [-0.05, 0) is 48.7 Å². The molecule has 0 aromatic heterocycles. The van der Waals surface area contributed by atoms with Crippen LogP contribution in [0.15, 0.2) is 59.1 Å². The van der Waals surface area contributed by atoms with E-state index in [0.29, 0.717) is 42.5 Å². The van der Waals surface area contributed by atoms with E-state index >= 15 is 0 Å². The highest BCUT2D eigenvalue weighted by atomic mass is 35.5. The molecule has 27 heavy (non-hydrogen) atoms. The van der Waals surface area contributed by atoms with E-state index in [9.17, 15) is 4.79 Å². The van der Waals surface area contributed by atoms with Gasteiger partial charge in [0.2, 0.25) is 0 Å². The van der Waals surface area contributed by atoms with Gasteiger partial charge >= 0.3 is 0 Å². The summed E-state index contributed by atoms with van der Waals surface area (Å²) in [6, 6.07) is 13.5. The molecule has 2 aromatic rings. The lowest BCUT2D eigenvalue weighted by Gasteiger charge is -2.13. The molecule has 0 aliphatic carbocycles. The predicted octanol–water partition coefficient (Wildman–Crippen LogP) is 5.67. The number of dihydropyridines is 1. The van der Waals surface area contributed by atoms with Crippen LogP contribution in [0.1, 0.15) is 30.9 Å². The van der Waals surface area contributed by atoms with Crippen molar-refractivity contribution in [1.29, 1.82) is 0 Å². The standard InChI is InChI=1S/C22H22ClNO3/c1-3-17-8-10-21(24-22(17)25)26-12-11-16-5-4-6-18(13-16)27-19-9-7-15(2)20(23)14-19/h4-9,13-14H,3,10-12H2,1-2H3. The van der Waals surface area contributed by atoms with Gasteiger partial charge in [-0.1, -0.05) is 42.8 Å². The number of rotatable bonds is 6. The summed E-state index contributed by atoms with van der Waals surface area (Å²) in [5.41, 5.74) is 2.85. The Balaban J connectivity index is 1.55. The molecule has 5 heteroatoms. The Morgan fingerprint density at radius 1 is 1.15 bits per heavy atom. The van der Waals surface area contributed by atoms with Crippen LogP contribution in [-0.2, 0) is 16.0 Å². The molecule has 0 atom stereocenters. The monoisotopic (exact) mass is 383 g/mol. The maximum atomic E-state index is 11.8. The predicted molar refractivity (Wildman–Crippen MR) is 108 cm³/mol. The van der Waals surface area contributed by atoms with Crippen LogP contribution in [0.3, 0.4) is 0 Å². The first-order chi connectivity index (χ1) is 13.0. The van der Waals surface area contributed by atoms with Crippen LogP contribution in [0.5, 0.6) is 11.5 Å². The van der Waals surface area contributed by atoms with Gasteiger partial charge in [0.05, 0.1) is 6.61 Å². The lowest BCUT2D eigenvalue weighted by molar-refractivity contribution is -0.114. The molecule has 0 bridgehead atoms. The van der Waals surface area contributed by atoms with Crippen LogP contribution in [0, 0.1) is 6.92 Å². The molecule has 140 valence electrons. The fraction of sp³-hybridized carbons (Fsp3) is 0.273. The molecule has 0 saturated carbocycles. The molecule has 0 fully saturated rings. The third kappa shape index (κ3) is 5.20. The van der Waals surface area contributed by atoms with Crippen molar-refractivity contribution >= 4 is 23.4 Å². The van der Waals surface area contributed by atoms with E-state index in [4.69, 9.17) is 21.1 Å². The van der Waals surface area contributed by atoms with Crippen LogP contribution in [0.2, 0.25) is 5.02 Å². The van der Waals surface area contributed by atoms with Gasteiger partial charge in [0, 0.05) is 23.4 Å². The van der Waals surface area contributed by atoms with Gasteiger partial charge in [-0.15, -0.1) is 0 Å². The summed E-state index contributed by atoms with van der Waals surface area (Å²) in [6.45, 7) is 4.36. The van der Waals surface area contributed by atoms with E-state index in [1.807, 2.05) is 62.4 Å². The number of carbonyl (C=O) groups excluding carboxylic acids is 1. The molecule has 0 spiro atoms. The third-order valence-corrected chi connectivity index (χ3v) is 4.75. The number of ether oxygens (including phenoxy) is 2. The SMILES string of the molecule is CCC1=CCC(OCCc2cccc(Oc3ccc(C)c(Cl)c3)c2)=NC1=O. The van der Waals surface area contributed by atoms with E-state index in [1.54, 1.807) is 0 Å². The molecule has 0 unspecified atom stereocenters. The smallest absolute Gasteiger partial charge is 0.275 e. The van der Waals surface area contributed by atoms with Crippen LogP contribution in [-0.4, -0.2) is 18.4 Å². The summed E-state index contributed by atoms with van der Waals surface area (Å²) < 4.78 is 11.6. The van der Waals surface area contributed by atoms with E-state index in [1.165, 1.54) is 0 Å². The minimum absolute atomic E-state index is 0.189. The lowest BCUT2D eigenvalue weighted by atomic mass is 10.1. The van der Waals surface area contributed by atoms with Crippen molar-refractivity contribution in [2.75, 3.05) is 6.61 Å². The molecule has 1 amide bonds. The zero-order chi connectivity index (χ0) is 19.2. The van der Waals surface area contributed by atoms with E-state index in [2.05, 4.69) is 4.99 Å². The molecule has 1 aliphatic heterocycles. The number of hydrogen-bond donors (Lipinski definition) is 0. The molecule has 1 heterocycles. The number of hydrogen-bond acceptors (Lipinski definition) is 3. The average Bonchev–Trinajstić information content (AvgIpc) is 2.65. The minimum atomic E-state index is -0.189. The topological polar surface area (TPSA) is 47.9 Å². The highest BCUT2D eigenvalue weighted by Gasteiger charge is 2.14. The zero-order valence-corrected chi connectivity index (χ0v) is 16.3. The van der Waals surface area contributed by atoms with Crippen molar-refractivity contribution in [2.24, 2.45) is 4.99 Å². The van der Waals surface area contributed by atoms with Crippen LogP contribution in [0.4, 0.5) is 0 Å². The van der Waals surface area contributed by atoms with Gasteiger partial charge in [0.25, 0.3) is 5.91 Å². The van der Waals surface area contributed by atoms with Crippen molar-refractivity contribution < 1.29 is 14.3 Å². The molecule has 0 saturated heterocycles. The second-order valence-corrected chi connectivity index (χ2v) is 6.76. The molecule has 0 radical (unpaired) electrons. The van der Waals surface area contributed by atoms with Crippen molar-refractivity contribution in [3.8, 4) is 11.5 Å². The van der Waals surface area contributed by atoms with Gasteiger partial charge < -0.3 is 9.47 Å². The van der Waals surface area contributed by atoms with Crippen LogP contribution < -0.4 is 4.74 Å². The first-order valence-corrected chi connectivity index (χ1v) is 9.39. The van der Waals surface area contributed by atoms with Gasteiger partial charge in [-0.3, -0.25) is 4.79 Å². The number of benzene rings is 2. The molecule has 0 N–H and O–H groups in total. The van der Waals surface area contributed by atoms with E-state index in [0.717, 1.165) is 22.4 Å². The fourth-order valence-electron chi connectivity index (χ4n) is 2.74. The number of aliphatic imine (C=N–C) groups is 1.